The summed E-state index contributed by atoms with van der Waals surface area (Å²) in [5.41, 5.74) is 1.02. The summed E-state index contributed by atoms with van der Waals surface area (Å²) in [5, 5.41) is 2.58. The molecule has 0 aliphatic carbocycles. The van der Waals surface area contributed by atoms with Gasteiger partial charge < -0.3 is 19.5 Å². The minimum Gasteiger partial charge on any atom is -0.496 e. The van der Waals surface area contributed by atoms with Gasteiger partial charge in [0.05, 0.1) is 21.3 Å². The van der Waals surface area contributed by atoms with E-state index in [1.165, 1.54) is 45.6 Å². The highest BCUT2D eigenvalue weighted by Crippen LogP contribution is 2.35. The summed E-state index contributed by atoms with van der Waals surface area (Å²) in [7, 11) is 4.57. The lowest BCUT2D eigenvalue weighted by Crippen LogP contribution is -2.07. The molecular weight excluding hydrogens is 313 g/mol. The molecule has 24 heavy (non-hydrogen) atoms. The zero-order chi connectivity index (χ0) is 17.5. The molecule has 1 N–H and O–H groups in total. The van der Waals surface area contributed by atoms with E-state index in [0.717, 1.165) is 0 Å². The molecule has 2 rings (SSSR count). The molecule has 6 heteroatoms. The Morgan fingerprint density at radius 2 is 1.67 bits per heavy atom. The van der Waals surface area contributed by atoms with Crippen LogP contribution >= 0.6 is 0 Å². The van der Waals surface area contributed by atoms with Gasteiger partial charge in [-0.15, -0.1) is 0 Å². The van der Waals surface area contributed by atoms with E-state index < -0.39 is 11.7 Å². The Bertz CT molecular complexity index is 759. The van der Waals surface area contributed by atoms with Crippen molar-refractivity contribution in [2.24, 2.45) is 0 Å². The standard InChI is InChI=1S/C18H18FNO4/c1-22-15-11-17(24-3)16(23-2)9-12(15)7-8-18(21)20-14-6-4-5-13(19)10-14/h4-11H,1-3H3,(H,20,21). The second-order valence-electron chi connectivity index (χ2n) is 4.78. The number of carbonyl (C=O) groups is 1. The van der Waals surface area contributed by atoms with Crippen molar-refractivity contribution >= 4 is 17.7 Å². The Kier molecular flexibility index (Phi) is 5.78. The number of ether oxygens (including phenoxy) is 3. The summed E-state index contributed by atoms with van der Waals surface area (Å²) in [6.07, 6.45) is 2.91. The smallest absolute Gasteiger partial charge is 0.248 e. The van der Waals surface area contributed by atoms with E-state index >= 15 is 0 Å². The average Bonchev–Trinajstić information content (AvgIpc) is 2.59. The van der Waals surface area contributed by atoms with Gasteiger partial charge in [-0.2, -0.15) is 0 Å². The third-order valence-corrected chi connectivity index (χ3v) is 3.24. The van der Waals surface area contributed by atoms with Gasteiger partial charge in [0.25, 0.3) is 0 Å². The highest BCUT2D eigenvalue weighted by atomic mass is 19.1. The number of anilines is 1. The lowest BCUT2D eigenvalue weighted by Gasteiger charge is -2.12. The second-order valence-corrected chi connectivity index (χ2v) is 4.78. The van der Waals surface area contributed by atoms with Crippen molar-refractivity contribution in [1.29, 1.82) is 0 Å². The molecular formula is C18H18FNO4. The number of rotatable bonds is 6. The van der Waals surface area contributed by atoms with Crippen molar-refractivity contribution in [3.8, 4) is 17.2 Å². The van der Waals surface area contributed by atoms with E-state index in [4.69, 9.17) is 14.2 Å². The maximum absolute atomic E-state index is 13.1. The zero-order valence-corrected chi connectivity index (χ0v) is 13.6. The predicted molar refractivity (Wildman–Crippen MR) is 90.2 cm³/mol. The van der Waals surface area contributed by atoms with Gasteiger partial charge in [0.2, 0.25) is 5.91 Å². The molecule has 0 aromatic heterocycles. The first-order valence-corrected chi connectivity index (χ1v) is 7.12. The third kappa shape index (κ3) is 4.25. The Balaban J connectivity index is 2.19. The summed E-state index contributed by atoms with van der Waals surface area (Å²) < 4.78 is 28.8. The minimum atomic E-state index is -0.418. The quantitative estimate of drug-likeness (QED) is 0.823. The summed E-state index contributed by atoms with van der Waals surface area (Å²) in [4.78, 5) is 12.0. The van der Waals surface area contributed by atoms with Crippen molar-refractivity contribution in [3.05, 3.63) is 53.9 Å². The first kappa shape index (κ1) is 17.3. The van der Waals surface area contributed by atoms with E-state index in [2.05, 4.69) is 5.32 Å². The number of carbonyl (C=O) groups excluding carboxylic acids is 1. The zero-order valence-electron chi connectivity index (χ0n) is 13.6. The van der Waals surface area contributed by atoms with Crippen LogP contribution in [0, 0.1) is 5.82 Å². The molecule has 0 unspecified atom stereocenters. The average molecular weight is 331 g/mol. The Labute approximate surface area is 139 Å². The van der Waals surface area contributed by atoms with Crippen LogP contribution in [0.2, 0.25) is 0 Å². The molecule has 0 fully saturated rings. The van der Waals surface area contributed by atoms with Crippen molar-refractivity contribution in [2.75, 3.05) is 26.6 Å². The fourth-order valence-electron chi connectivity index (χ4n) is 2.10. The molecule has 0 bridgehead atoms. The Hall–Kier alpha value is -3.02. The van der Waals surface area contributed by atoms with Gasteiger partial charge in [-0.25, -0.2) is 4.39 Å². The molecule has 0 atom stereocenters. The molecule has 0 radical (unpaired) electrons. The number of hydrogen-bond acceptors (Lipinski definition) is 4. The van der Waals surface area contributed by atoms with Crippen LogP contribution in [0.4, 0.5) is 10.1 Å². The lowest BCUT2D eigenvalue weighted by atomic mass is 10.1. The molecule has 5 nitrogen and oxygen atoms in total. The molecule has 0 saturated heterocycles. The largest absolute Gasteiger partial charge is 0.496 e. The van der Waals surface area contributed by atoms with Gasteiger partial charge in [-0.3, -0.25) is 4.79 Å². The van der Waals surface area contributed by atoms with Crippen LogP contribution in [0.3, 0.4) is 0 Å². The van der Waals surface area contributed by atoms with Crippen molar-refractivity contribution in [2.45, 2.75) is 0 Å². The summed E-state index contributed by atoms with van der Waals surface area (Å²) in [6, 6.07) is 9.03. The van der Waals surface area contributed by atoms with Gasteiger partial charge in [-0.05, 0) is 30.3 Å². The van der Waals surface area contributed by atoms with Gasteiger partial charge in [0, 0.05) is 23.4 Å². The minimum absolute atomic E-state index is 0.379. The number of amides is 1. The van der Waals surface area contributed by atoms with Crippen molar-refractivity contribution in [3.63, 3.8) is 0 Å². The third-order valence-electron chi connectivity index (χ3n) is 3.24. The number of hydrogen-bond donors (Lipinski definition) is 1. The van der Waals surface area contributed by atoms with Crippen LogP contribution in [0.1, 0.15) is 5.56 Å². The molecule has 0 heterocycles. The number of benzene rings is 2. The number of nitrogens with one attached hydrogen (secondary N) is 1. The van der Waals surface area contributed by atoms with Crippen molar-refractivity contribution in [1.82, 2.24) is 0 Å². The fraction of sp³-hybridized carbons (Fsp3) is 0.167. The van der Waals surface area contributed by atoms with Crippen LogP contribution in [-0.4, -0.2) is 27.2 Å². The van der Waals surface area contributed by atoms with Gasteiger partial charge >= 0.3 is 0 Å². The van der Waals surface area contributed by atoms with E-state index in [1.807, 2.05) is 0 Å². The molecule has 0 saturated carbocycles. The predicted octanol–water partition coefficient (Wildman–Crippen LogP) is 3.50. The molecule has 0 aliphatic heterocycles. The Morgan fingerprint density at radius 1 is 1.00 bits per heavy atom. The molecule has 0 spiro atoms. The topological polar surface area (TPSA) is 56.8 Å². The van der Waals surface area contributed by atoms with Crippen LogP contribution in [0.5, 0.6) is 17.2 Å². The van der Waals surface area contributed by atoms with Crippen molar-refractivity contribution < 1.29 is 23.4 Å². The normalized spacial score (nSPS) is 10.5. The highest BCUT2D eigenvalue weighted by Gasteiger charge is 2.10. The molecule has 0 aliphatic rings. The molecule has 126 valence electrons. The first-order valence-electron chi connectivity index (χ1n) is 7.12. The SMILES string of the molecule is COc1cc(OC)c(OC)cc1C=CC(=O)Nc1cccc(F)c1. The molecule has 2 aromatic rings. The van der Waals surface area contributed by atoms with Crippen LogP contribution in [0.25, 0.3) is 6.08 Å². The van der Waals surface area contributed by atoms with Gasteiger partial charge in [0.1, 0.15) is 11.6 Å². The fourth-order valence-corrected chi connectivity index (χ4v) is 2.10. The van der Waals surface area contributed by atoms with Crippen LogP contribution in [-0.2, 0) is 4.79 Å². The van der Waals surface area contributed by atoms with E-state index in [-0.39, 0.29) is 0 Å². The first-order chi connectivity index (χ1) is 11.6. The van der Waals surface area contributed by atoms with E-state index in [0.29, 0.717) is 28.5 Å². The maximum atomic E-state index is 13.1. The molecule has 1 amide bonds. The van der Waals surface area contributed by atoms with E-state index in [1.54, 1.807) is 24.3 Å². The van der Waals surface area contributed by atoms with Gasteiger partial charge in [0.15, 0.2) is 11.5 Å². The molecule has 2 aromatic carbocycles. The number of methoxy groups -OCH3 is 3. The summed E-state index contributed by atoms with van der Waals surface area (Å²) in [5.74, 6) is 0.762. The van der Waals surface area contributed by atoms with E-state index in [9.17, 15) is 9.18 Å². The highest BCUT2D eigenvalue weighted by molar-refractivity contribution is 6.02. The number of halogens is 1. The lowest BCUT2D eigenvalue weighted by molar-refractivity contribution is -0.111. The summed E-state index contributed by atoms with van der Waals surface area (Å²) in [6.45, 7) is 0. The second kappa shape index (κ2) is 8.01. The Morgan fingerprint density at radius 3 is 2.29 bits per heavy atom. The monoisotopic (exact) mass is 331 g/mol. The van der Waals surface area contributed by atoms with Crippen LogP contribution < -0.4 is 19.5 Å². The van der Waals surface area contributed by atoms with Gasteiger partial charge in [-0.1, -0.05) is 6.07 Å². The van der Waals surface area contributed by atoms with Crippen LogP contribution in [0.15, 0.2) is 42.5 Å². The maximum Gasteiger partial charge on any atom is 0.248 e. The summed E-state index contributed by atoms with van der Waals surface area (Å²) >= 11 is 0.